The van der Waals surface area contributed by atoms with E-state index in [9.17, 15) is 0 Å². The number of hydrogen-bond acceptors (Lipinski definition) is 2. The van der Waals surface area contributed by atoms with Crippen LogP contribution < -0.4 is 10.6 Å². The summed E-state index contributed by atoms with van der Waals surface area (Å²) in [4.78, 5) is 4.31. The van der Waals surface area contributed by atoms with Crippen molar-refractivity contribution in [3.8, 4) is 0 Å². The Morgan fingerprint density at radius 1 is 1.36 bits per heavy atom. The Balaban J connectivity index is 1.96. The summed E-state index contributed by atoms with van der Waals surface area (Å²) in [5.74, 6) is 0.841. The van der Waals surface area contributed by atoms with E-state index in [1.165, 1.54) is 24.8 Å². The third kappa shape index (κ3) is 4.23. The maximum absolute atomic E-state index is 5.16. The number of ether oxygens (including phenoxy) is 1. The molecule has 1 aromatic rings. The van der Waals surface area contributed by atoms with Crippen LogP contribution >= 0.6 is 15.9 Å². The van der Waals surface area contributed by atoms with Gasteiger partial charge in [0, 0.05) is 36.6 Å². The highest BCUT2D eigenvalue weighted by Crippen LogP contribution is 2.43. The van der Waals surface area contributed by atoms with Crippen LogP contribution in [0.5, 0.6) is 0 Å². The zero-order valence-electron chi connectivity index (χ0n) is 13.7. The van der Waals surface area contributed by atoms with E-state index in [1.54, 1.807) is 7.11 Å². The highest BCUT2D eigenvalue weighted by molar-refractivity contribution is 9.10. The van der Waals surface area contributed by atoms with Crippen LogP contribution in [0.25, 0.3) is 0 Å². The van der Waals surface area contributed by atoms with Gasteiger partial charge in [-0.1, -0.05) is 34.5 Å². The maximum Gasteiger partial charge on any atom is 0.191 e. The molecule has 122 valence electrons. The molecule has 1 unspecified atom stereocenters. The van der Waals surface area contributed by atoms with Gasteiger partial charge in [0.05, 0.1) is 6.61 Å². The van der Waals surface area contributed by atoms with Crippen molar-refractivity contribution in [3.63, 3.8) is 0 Å². The minimum atomic E-state index is 0.237. The van der Waals surface area contributed by atoms with Crippen molar-refractivity contribution < 1.29 is 4.74 Å². The largest absolute Gasteiger partial charge is 0.383 e. The van der Waals surface area contributed by atoms with E-state index < -0.39 is 0 Å². The van der Waals surface area contributed by atoms with Crippen LogP contribution in [0.1, 0.15) is 31.7 Å². The predicted molar refractivity (Wildman–Crippen MR) is 95.5 cm³/mol. The summed E-state index contributed by atoms with van der Waals surface area (Å²) in [6, 6.07) is 8.96. The van der Waals surface area contributed by atoms with E-state index in [0.717, 1.165) is 17.0 Å². The molecule has 0 heterocycles. The molecule has 1 atom stereocenters. The molecule has 0 amide bonds. The lowest BCUT2D eigenvalue weighted by Gasteiger charge is -2.43. The lowest BCUT2D eigenvalue weighted by Crippen LogP contribution is -2.51. The normalized spacial score (nSPS) is 18.5. The summed E-state index contributed by atoms with van der Waals surface area (Å²) in [6.45, 7) is 3.66. The lowest BCUT2D eigenvalue weighted by molar-refractivity contribution is 0.178. The molecule has 1 aliphatic rings. The molecule has 1 saturated carbocycles. The Bertz CT molecular complexity index is 497. The molecule has 0 aromatic heterocycles. The topological polar surface area (TPSA) is 45.7 Å². The van der Waals surface area contributed by atoms with Crippen molar-refractivity contribution in [2.75, 3.05) is 27.3 Å². The van der Waals surface area contributed by atoms with Gasteiger partial charge in [-0.05, 0) is 37.5 Å². The molecular weight excluding hydrogens is 342 g/mol. The van der Waals surface area contributed by atoms with Gasteiger partial charge in [-0.15, -0.1) is 0 Å². The molecule has 0 saturated heterocycles. The molecule has 1 aliphatic carbocycles. The number of aliphatic imine (C=N–C) groups is 1. The number of nitrogens with zero attached hydrogens (tertiary/aromatic N) is 1. The first kappa shape index (κ1) is 17.3. The highest BCUT2D eigenvalue weighted by Gasteiger charge is 2.38. The molecular formula is C17H26BrN3O. The Kier molecular flexibility index (Phi) is 6.26. The Labute approximate surface area is 141 Å². The van der Waals surface area contributed by atoms with Gasteiger partial charge < -0.3 is 15.4 Å². The minimum Gasteiger partial charge on any atom is -0.383 e. The van der Waals surface area contributed by atoms with E-state index in [2.05, 4.69) is 62.7 Å². The van der Waals surface area contributed by atoms with Crippen LogP contribution in [0.4, 0.5) is 0 Å². The van der Waals surface area contributed by atoms with Crippen molar-refractivity contribution in [2.24, 2.45) is 4.99 Å². The van der Waals surface area contributed by atoms with Crippen LogP contribution in [0.3, 0.4) is 0 Å². The molecule has 2 N–H and O–H groups in total. The van der Waals surface area contributed by atoms with Crippen molar-refractivity contribution in [1.82, 2.24) is 10.6 Å². The van der Waals surface area contributed by atoms with Gasteiger partial charge in [0.1, 0.15) is 0 Å². The molecule has 0 spiro atoms. The summed E-state index contributed by atoms with van der Waals surface area (Å²) in [5, 5.41) is 6.84. The second-order valence-electron chi connectivity index (χ2n) is 6.07. The number of nitrogens with one attached hydrogen (secondary N) is 2. The Morgan fingerprint density at radius 3 is 2.55 bits per heavy atom. The summed E-state index contributed by atoms with van der Waals surface area (Å²) >= 11 is 3.51. The van der Waals surface area contributed by atoms with Gasteiger partial charge in [0.25, 0.3) is 0 Å². The van der Waals surface area contributed by atoms with E-state index in [0.29, 0.717) is 6.61 Å². The minimum absolute atomic E-state index is 0.237. The van der Waals surface area contributed by atoms with Crippen LogP contribution in [0.2, 0.25) is 0 Å². The van der Waals surface area contributed by atoms with Gasteiger partial charge in [-0.2, -0.15) is 0 Å². The summed E-state index contributed by atoms with van der Waals surface area (Å²) < 4.78 is 6.29. The standard InChI is InChI=1S/C17H26BrN3O/c1-13(11-22-3)21-16(19-2)20-12-17(9-4-10-17)14-5-7-15(18)8-6-14/h5-8,13H,4,9-12H2,1-3H3,(H2,19,20,21). The van der Waals surface area contributed by atoms with Crippen LogP contribution in [-0.2, 0) is 10.2 Å². The molecule has 5 heteroatoms. The number of guanidine groups is 1. The molecule has 0 radical (unpaired) electrons. The molecule has 0 bridgehead atoms. The van der Waals surface area contributed by atoms with Gasteiger partial charge in [0.2, 0.25) is 0 Å². The number of benzene rings is 1. The second kappa shape index (κ2) is 7.97. The number of rotatable bonds is 6. The van der Waals surface area contributed by atoms with E-state index in [-0.39, 0.29) is 11.5 Å². The van der Waals surface area contributed by atoms with Gasteiger partial charge in [-0.25, -0.2) is 0 Å². The Morgan fingerprint density at radius 2 is 2.05 bits per heavy atom. The summed E-state index contributed by atoms with van der Waals surface area (Å²) in [6.07, 6.45) is 3.75. The first-order chi connectivity index (χ1) is 10.6. The van der Waals surface area contributed by atoms with Crippen molar-refractivity contribution in [2.45, 2.75) is 37.6 Å². The zero-order valence-corrected chi connectivity index (χ0v) is 15.2. The molecule has 2 rings (SSSR count). The molecule has 1 fully saturated rings. The Hall–Kier alpha value is -1.07. The van der Waals surface area contributed by atoms with Crippen LogP contribution in [-0.4, -0.2) is 39.3 Å². The van der Waals surface area contributed by atoms with Crippen LogP contribution in [0.15, 0.2) is 33.7 Å². The van der Waals surface area contributed by atoms with E-state index >= 15 is 0 Å². The predicted octanol–water partition coefficient (Wildman–Crippen LogP) is 3.07. The molecule has 22 heavy (non-hydrogen) atoms. The van der Waals surface area contributed by atoms with E-state index in [1.807, 2.05) is 7.05 Å². The SMILES string of the molecule is CN=C(NCC1(c2ccc(Br)cc2)CCC1)NC(C)COC. The fraction of sp³-hybridized carbons (Fsp3) is 0.588. The summed E-state index contributed by atoms with van der Waals surface area (Å²) in [5.41, 5.74) is 1.65. The van der Waals surface area contributed by atoms with E-state index in [4.69, 9.17) is 4.74 Å². The molecule has 4 nitrogen and oxygen atoms in total. The second-order valence-corrected chi connectivity index (χ2v) is 6.98. The average molecular weight is 368 g/mol. The fourth-order valence-electron chi connectivity index (χ4n) is 2.95. The van der Waals surface area contributed by atoms with Crippen molar-refractivity contribution >= 4 is 21.9 Å². The van der Waals surface area contributed by atoms with Gasteiger partial charge in [-0.3, -0.25) is 4.99 Å². The first-order valence-corrected chi connectivity index (χ1v) is 8.61. The average Bonchev–Trinajstić information content (AvgIpc) is 2.46. The molecule has 0 aliphatic heterocycles. The number of halogens is 1. The number of methoxy groups -OCH3 is 1. The zero-order chi connectivity index (χ0) is 16.0. The third-order valence-electron chi connectivity index (χ3n) is 4.38. The van der Waals surface area contributed by atoms with Gasteiger partial charge >= 0.3 is 0 Å². The van der Waals surface area contributed by atoms with Crippen molar-refractivity contribution in [1.29, 1.82) is 0 Å². The number of hydrogen-bond donors (Lipinski definition) is 2. The lowest BCUT2D eigenvalue weighted by atomic mass is 9.64. The first-order valence-electron chi connectivity index (χ1n) is 7.82. The summed E-state index contributed by atoms with van der Waals surface area (Å²) in [7, 11) is 3.52. The molecule has 1 aromatic carbocycles. The quantitative estimate of drug-likeness (QED) is 0.599. The third-order valence-corrected chi connectivity index (χ3v) is 4.91. The fourth-order valence-corrected chi connectivity index (χ4v) is 3.21. The van der Waals surface area contributed by atoms with Gasteiger partial charge in [0.15, 0.2) is 5.96 Å². The smallest absolute Gasteiger partial charge is 0.191 e. The maximum atomic E-state index is 5.16. The highest BCUT2D eigenvalue weighted by atomic mass is 79.9. The van der Waals surface area contributed by atoms with Crippen LogP contribution in [0, 0.1) is 0 Å². The monoisotopic (exact) mass is 367 g/mol. The van der Waals surface area contributed by atoms with Crippen molar-refractivity contribution in [3.05, 3.63) is 34.3 Å².